The van der Waals surface area contributed by atoms with E-state index in [9.17, 15) is 22.8 Å². The molecule has 1 aliphatic rings. The number of halogens is 3. The molecule has 0 spiro atoms. The summed E-state index contributed by atoms with van der Waals surface area (Å²) < 4.78 is 41.7. The van der Waals surface area contributed by atoms with Crippen LogP contribution in [0.4, 0.5) is 13.2 Å². The van der Waals surface area contributed by atoms with Crippen molar-refractivity contribution < 1.29 is 27.5 Å². The van der Waals surface area contributed by atoms with Crippen LogP contribution in [0.2, 0.25) is 0 Å². The lowest BCUT2D eigenvalue weighted by molar-refractivity contribution is -0.153. The van der Waals surface area contributed by atoms with Gasteiger partial charge in [-0.15, -0.1) is 0 Å². The molecular formula is C12H18F3NO3. The maximum absolute atomic E-state index is 12.3. The Labute approximate surface area is 109 Å². The predicted octanol–water partition coefficient (Wildman–Crippen LogP) is 2.13. The average Bonchev–Trinajstić information content (AvgIpc) is 2.58. The van der Waals surface area contributed by atoms with Crippen LogP contribution >= 0.6 is 0 Å². The number of hydrogen-bond acceptors (Lipinski definition) is 3. The molecule has 0 radical (unpaired) electrons. The fourth-order valence-electron chi connectivity index (χ4n) is 2.33. The minimum Gasteiger partial charge on any atom is -0.464 e. The van der Waals surface area contributed by atoms with Crippen LogP contribution in [0.1, 0.15) is 33.1 Å². The molecule has 0 saturated carbocycles. The van der Waals surface area contributed by atoms with Crippen molar-refractivity contribution in [2.75, 3.05) is 13.2 Å². The van der Waals surface area contributed by atoms with E-state index >= 15 is 0 Å². The van der Waals surface area contributed by atoms with Gasteiger partial charge in [-0.05, 0) is 19.3 Å². The minimum absolute atomic E-state index is 0.0321. The summed E-state index contributed by atoms with van der Waals surface area (Å²) in [7, 11) is 0. The molecule has 110 valence electrons. The molecule has 1 heterocycles. The molecule has 0 aromatic heterocycles. The second-order valence-corrected chi connectivity index (χ2v) is 4.61. The van der Waals surface area contributed by atoms with Crippen LogP contribution in [0, 0.1) is 5.92 Å². The Bertz CT molecular complexity index is 344. The molecule has 0 aliphatic carbocycles. The number of alkyl halides is 3. The third kappa shape index (κ3) is 4.40. The normalized spacial score (nSPS) is 21.6. The summed E-state index contributed by atoms with van der Waals surface area (Å²) in [4.78, 5) is 24.6. The van der Waals surface area contributed by atoms with Gasteiger partial charge in [-0.3, -0.25) is 4.79 Å². The van der Waals surface area contributed by atoms with Gasteiger partial charge in [-0.25, -0.2) is 4.79 Å². The summed E-state index contributed by atoms with van der Waals surface area (Å²) in [5.74, 6) is -1.73. The Balaban J connectivity index is 2.68. The van der Waals surface area contributed by atoms with Gasteiger partial charge in [0.15, 0.2) is 0 Å². The van der Waals surface area contributed by atoms with Crippen molar-refractivity contribution in [2.24, 2.45) is 5.92 Å². The van der Waals surface area contributed by atoms with E-state index in [1.165, 1.54) is 4.90 Å². The molecule has 19 heavy (non-hydrogen) atoms. The van der Waals surface area contributed by atoms with E-state index in [1.807, 2.05) is 0 Å². The smallest absolute Gasteiger partial charge is 0.389 e. The fourth-order valence-corrected chi connectivity index (χ4v) is 2.33. The summed E-state index contributed by atoms with van der Waals surface area (Å²) in [6.45, 7) is 3.49. The van der Waals surface area contributed by atoms with Crippen molar-refractivity contribution in [3.8, 4) is 0 Å². The molecule has 1 rings (SSSR count). The van der Waals surface area contributed by atoms with Gasteiger partial charge < -0.3 is 9.64 Å². The van der Waals surface area contributed by atoms with E-state index in [4.69, 9.17) is 4.74 Å². The standard InChI is InChI=1S/C12H18F3NO3/c1-3-9(11(18)19-4-2)16-7-8(5-10(16)17)6-12(13,14)15/h8-9H,3-7H2,1-2H3. The molecule has 0 aromatic rings. The minimum atomic E-state index is -4.29. The van der Waals surface area contributed by atoms with E-state index in [1.54, 1.807) is 13.8 Å². The average molecular weight is 281 g/mol. The summed E-state index contributed by atoms with van der Waals surface area (Å²) in [5.41, 5.74) is 0. The monoisotopic (exact) mass is 281 g/mol. The highest BCUT2D eigenvalue weighted by Gasteiger charge is 2.42. The maximum Gasteiger partial charge on any atom is 0.389 e. The second-order valence-electron chi connectivity index (χ2n) is 4.61. The predicted molar refractivity (Wildman–Crippen MR) is 61.2 cm³/mol. The zero-order valence-corrected chi connectivity index (χ0v) is 11.0. The van der Waals surface area contributed by atoms with Crippen LogP contribution in [0.25, 0.3) is 0 Å². The van der Waals surface area contributed by atoms with Crippen LogP contribution in [0.15, 0.2) is 0 Å². The van der Waals surface area contributed by atoms with Crippen LogP contribution in [0.3, 0.4) is 0 Å². The molecule has 1 amide bonds. The molecule has 1 fully saturated rings. The lowest BCUT2D eigenvalue weighted by Gasteiger charge is -2.25. The molecule has 0 bridgehead atoms. The quantitative estimate of drug-likeness (QED) is 0.725. The molecular weight excluding hydrogens is 263 g/mol. The van der Waals surface area contributed by atoms with Gasteiger partial charge in [-0.2, -0.15) is 13.2 Å². The number of ether oxygens (including phenoxy) is 1. The first-order valence-corrected chi connectivity index (χ1v) is 6.31. The third-order valence-electron chi connectivity index (χ3n) is 3.08. The Morgan fingerprint density at radius 3 is 2.58 bits per heavy atom. The topological polar surface area (TPSA) is 46.6 Å². The van der Waals surface area contributed by atoms with Gasteiger partial charge in [0.05, 0.1) is 6.61 Å². The maximum atomic E-state index is 12.3. The number of esters is 1. The number of carbonyl (C=O) groups is 2. The van der Waals surface area contributed by atoms with Gasteiger partial charge in [0.25, 0.3) is 0 Å². The van der Waals surface area contributed by atoms with Crippen LogP contribution in [0.5, 0.6) is 0 Å². The largest absolute Gasteiger partial charge is 0.464 e. The third-order valence-corrected chi connectivity index (χ3v) is 3.08. The summed E-state index contributed by atoms with van der Waals surface area (Å²) in [6.07, 6.45) is -5.10. The van der Waals surface area contributed by atoms with Crippen molar-refractivity contribution >= 4 is 11.9 Å². The first-order valence-electron chi connectivity index (χ1n) is 6.31. The molecule has 4 nitrogen and oxygen atoms in total. The molecule has 2 atom stereocenters. The molecule has 0 aromatic carbocycles. The van der Waals surface area contributed by atoms with E-state index in [0.29, 0.717) is 6.42 Å². The Kier molecular flexibility index (Phi) is 5.20. The van der Waals surface area contributed by atoms with Gasteiger partial charge in [0, 0.05) is 19.4 Å². The van der Waals surface area contributed by atoms with Crippen molar-refractivity contribution in [1.29, 1.82) is 0 Å². The molecule has 7 heteroatoms. The molecule has 0 N–H and O–H groups in total. The van der Waals surface area contributed by atoms with Gasteiger partial charge >= 0.3 is 12.1 Å². The second kappa shape index (κ2) is 6.25. The number of nitrogens with zero attached hydrogens (tertiary/aromatic N) is 1. The highest BCUT2D eigenvalue weighted by atomic mass is 19.4. The summed E-state index contributed by atoms with van der Waals surface area (Å²) >= 11 is 0. The highest BCUT2D eigenvalue weighted by Crippen LogP contribution is 2.32. The number of likely N-dealkylation sites (tertiary alicyclic amines) is 1. The lowest BCUT2D eigenvalue weighted by Crippen LogP contribution is -2.43. The first kappa shape index (κ1) is 15.8. The number of carbonyl (C=O) groups excluding carboxylic acids is 2. The lowest BCUT2D eigenvalue weighted by atomic mass is 10.0. The van der Waals surface area contributed by atoms with E-state index < -0.39 is 36.4 Å². The Morgan fingerprint density at radius 1 is 1.47 bits per heavy atom. The van der Waals surface area contributed by atoms with Crippen LogP contribution < -0.4 is 0 Å². The van der Waals surface area contributed by atoms with E-state index in [-0.39, 0.29) is 19.6 Å². The summed E-state index contributed by atoms with van der Waals surface area (Å²) in [5, 5.41) is 0. The number of rotatable bonds is 5. The molecule has 2 unspecified atom stereocenters. The van der Waals surface area contributed by atoms with Gasteiger partial charge in [0.2, 0.25) is 5.91 Å². The van der Waals surface area contributed by atoms with Gasteiger partial charge in [0.1, 0.15) is 6.04 Å². The van der Waals surface area contributed by atoms with Crippen molar-refractivity contribution in [2.45, 2.75) is 45.3 Å². The Hall–Kier alpha value is -1.27. The van der Waals surface area contributed by atoms with Crippen molar-refractivity contribution in [1.82, 2.24) is 4.90 Å². The Morgan fingerprint density at radius 2 is 2.11 bits per heavy atom. The zero-order chi connectivity index (χ0) is 14.6. The van der Waals surface area contributed by atoms with E-state index in [0.717, 1.165) is 0 Å². The number of amides is 1. The number of hydrogen-bond donors (Lipinski definition) is 0. The van der Waals surface area contributed by atoms with Crippen LogP contribution in [-0.2, 0) is 14.3 Å². The zero-order valence-electron chi connectivity index (χ0n) is 11.0. The van der Waals surface area contributed by atoms with Crippen molar-refractivity contribution in [3.05, 3.63) is 0 Å². The SMILES string of the molecule is CCOC(=O)C(CC)N1CC(CC(F)(F)F)CC1=O. The van der Waals surface area contributed by atoms with E-state index in [2.05, 4.69) is 0 Å². The van der Waals surface area contributed by atoms with Gasteiger partial charge in [-0.1, -0.05) is 6.92 Å². The first-order chi connectivity index (χ1) is 8.78. The highest BCUT2D eigenvalue weighted by molar-refractivity contribution is 5.86. The fraction of sp³-hybridized carbons (Fsp3) is 0.833. The molecule has 1 saturated heterocycles. The van der Waals surface area contributed by atoms with Crippen LogP contribution in [-0.4, -0.2) is 42.1 Å². The molecule has 1 aliphatic heterocycles. The van der Waals surface area contributed by atoms with Crippen molar-refractivity contribution in [3.63, 3.8) is 0 Å². The summed E-state index contributed by atoms with van der Waals surface area (Å²) in [6, 6.07) is -0.773.